The zero-order valence-corrected chi connectivity index (χ0v) is 19.4. The third-order valence-electron chi connectivity index (χ3n) is 6.41. The molecule has 1 N–H and O–H groups in total. The SMILES string of the molecule is COc1ccc(C)cc1NS(=O)(=O)c1cc(CN2C(=O)[C@H]3CCCC[C@@H]3C2=O)ccc1C. The van der Waals surface area contributed by atoms with Gasteiger partial charge in [0.1, 0.15) is 5.75 Å². The molecule has 1 heterocycles. The van der Waals surface area contributed by atoms with Crippen LogP contribution in [0.25, 0.3) is 0 Å². The Morgan fingerprint density at radius 1 is 1.00 bits per heavy atom. The first kappa shape index (κ1) is 22.3. The molecular weight excluding hydrogens is 428 g/mol. The Balaban J connectivity index is 1.61. The molecule has 1 aliphatic carbocycles. The minimum atomic E-state index is -3.92. The lowest BCUT2D eigenvalue weighted by molar-refractivity contribution is -0.140. The molecule has 1 aliphatic heterocycles. The summed E-state index contributed by atoms with van der Waals surface area (Å²) in [6.07, 6.45) is 3.44. The average molecular weight is 457 g/mol. The van der Waals surface area contributed by atoms with Crippen molar-refractivity contribution in [1.29, 1.82) is 0 Å². The van der Waals surface area contributed by atoms with Crippen molar-refractivity contribution in [3.63, 3.8) is 0 Å². The molecule has 2 fully saturated rings. The number of amides is 2. The summed E-state index contributed by atoms with van der Waals surface area (Å²) in [6, 6.07) is 10.3. The highest BCUT2D eigenvalue weighted by atomic mass is 32.2. The maximum absolute atomic E-state index is 13.2. The second-order valence-electron chi connectivity index (χ2n) is 8.67. The number of methoxy groups -OCH3 is 1. The molecular formula is C24H28N2O5S. The predicted molar refractivity (Wildman–Crippen MR) is 121 cm³/mol. The molecule has 2 atom stereocenters. The maximum atomic E-state index is 13.2. The number of anilines is 1. The molecule has 2 aromatic carbocycles. The molecule has 32 heavy (non-hydrogen) atoms. The molecule has 0 radical (unpaired) electrons. The molecule has 8 heteroatoms. The molecule has 0 unspecified atom stereocenters. The van der Waals surface area contributed by atoms with Gasteiger partial charge in [0, 0.05) is 0 Å². The number of nitrogens with one attached hydrogen (secondary N) is 1. The van der Waals surface area contributed by atoms with Crippen molar-refractivity contribution in [3.8, 4) is 5.75 Å². The van der Waals surface area contributed by atoms with E-state index in [-0.39, 0.29) is 35.1 Å². The van der Waals surface area contributed by atoms with Crippen LogP contribution in [-0.2, 0) is 26.2 Å². The Kier molecular flexibility index (Phi) is 5.99. The Hall–Kier alpha value is -2.87. The van der Waals surface area contributed by atoms with E-state index in [9.17, 15) is 18.0 Å². The molecule has 2 aromatic rings. The minimum Gasteiger partial charge on any atom is -0.495 e. The van der Waals surface area contributed by atoms with Crippen LogP contribution in [-0.4, -0.2) is 32.2 Å². The molecule has 1 saturated carbocycles. The van der Waals surface area contributed by atoms with Crippen molar-refractivity contribution in [2.45, 2.75) is 51.0 Å². The molecule has 0 aromatic heterocycles. The van der Waals surface area contributed by atoms with Gasteiger partial charge in [0.25, 0.3) is 10.0 Å². The highest BCUT2D eigenvalue weighted by Gasteiger charge is 2.47. The van der Waals surface area contributed by atoms with Crippen LogP contribution >= 0.6 is 0 Å². The largest absolute Gasteiger partial charge is 0.495 e. The first-order valence-corrected chi connectivity index (χ1v) is 12.3. The lowest BCUT2D eigenvalue weighted by Gasteiger charge is -2.19. The zero-order valence-electron chi connectivity index (χ0n) is 18.6. The number of aryl methyl sites for hydroxylation is 2. The Morgan fingerprint density at radius 3 is 2.28 bits per heavy atom. The third-order valence-corrected chi connectivity index (χ3v) is 7.92. The number of imide groups is 1. The fourth-order valence-electron chi connectivity index (χ4n) is 4.70. The van der Waals surface area contributed by atoms with E-state index in [2.05, 4.69) is 4.72 Å². The molecule has 0 bridgehead atoms. The van der Waals surface area contributed by atoms with Crippen LogP contribution in [0, 0.1) is 25.7 Å². The summed E-state index contributed by atoms with van der Waals surface area (Å²) in [5, 5.41) is 0. The lowest BCUT2D eigenvalue weighted by atomic mass is 9.81. The number of carbonyl (C=O) groups excluding carboxylic acids is 2. The van der Waals surface area contributed by atoms with Gasteiger partial charge in [0.05, 0.1) is 36.1 Å². The fraction of sp³-hybridized carbons (Fsp3) is 0.417. The third kappa shape index (κ3) is 4.11. The van der Waals surface area contributed by atoms with Crippen molar-refractivity contribution in [2.24, 2.45) is 11.8 Å². The quantitative estimate of drug-likeness (QED) is 0.668. The van der Waals surface area contributed by atoms with Gasteiger partial charge in [0.15, 0.2) is 0 Å². The first-order chi connectivity index (χ1) is 15.2. The Labute approximate surface area is 188 Å². The second-order valence-corrected chi connectivity index (χ2v) is 10.3. The van der Waals surface area contributed by atoms with Gasteiger partial charge in [-0.1, -0.05) is 31.0 Å². The number of likely N-dealkylation sites (tertiary alicyclic amines) is 1. The van der Waals surface area contributed by atoms with Gasteiger partial charge < -0.3 is 4.74 Å². The van der Waals surface area contributed by atoms with Gasteiger partial charge in [-0.15, -0.1) is 0 Å². The van der Waals surface area contributed by atoms with E-state index in [1.807, 2.05) is 13.0 Å². The summed E-state index contributed by atoms with van der Waals surface area (Å²) in [5.41, 5.74) is 2.42. The van der Waals surface area contributed by atoms with Crippen LogP contribution in [0.2, 0.25) is 0 Å². The molecule has 0 spiro atoms. The Morgan fingerprint density at radius 2 is 1.66 bits per heavy atom. The van der Waals surface area contributed by atoms with Crippen molar-refractivity contribution in [1.82, 2.24) is 4.90 Å². The van der Waals surface area contributed by atoms with Gasteiger partial charge in [-0.05, 0) is 61.6 Å². The van der Waals surface area contributed by atoms with E-state index in [0.29, 0.717) is 22.6 Å². The fourth-order valence-corrected chi connectivity index (χ4v) is 6.06. The van der Waals surface area contributed by atoms with Crippen molar-refractivity contribution < 1.29 is 22.7 Å². The highest BCUT2D eigenvalue weighted by molar-refractivity contribution is 7.92. The number of hydrogen-bond donors (Lipinski definition) is 1. The topological polar surface area (TPSA) is 92.8 Å². The van der Waals surface area contributed by atoms with Gasteiger partial charge in [0.2, 0.25) is 11.8 Å². The van der Waals surface area contributed by atoms with Crippen LogP contribution in [0.5, 0.6) is 5.75 Å². The summed E-state index contributed by atoms with van der Waals surface area (Å²) < 4.78 is 34.3. The summed E-state index contributed by atoms with van der Waals surface area (Å²) in [6.45, 7) is 3.67. The smallest absolute Gasteiger partial charge is 0.262 e. The van der Waals surface area contributed by atoms with E-state index in [1.165, 1.54) is 12.0 Å². The number of rotatable bonds is 6. The van der Waals surface area contributed by atoms with Crippen LogP contribution in [0.15, 0.2) is 41.3 Å². The van der Waals surface area contributed by atoms with E-state index in [0.717, 1.165) is 31.2 Å². The van der Waals surface area contributed by atoms with Crippen LogP contribution < -0.4 is 9.46 Å². The van der Waals surface area contributed by atoms with E-state index in [1.54, 1.807) is 37.3 Å². The normalized spacial score (nSPS) is 20.9. The van der Waals surface area contributed by atoms with Crippen LogP contribution in [0.4, 0.5) is 5.69 Å². The molecule has 1 saturated heterocycles. The monoisotopic (exact) mass is 456 g/mol. The van der Waals surface area contributed by atoms with E-state index >= 15 is 0 Å². The molecule has 2 amide bonds. The Bertz CT molecular complexity index is 1150. The number of fused-ring (bicyclic) bond motifs is 1. The minimum absolute atomic E-state index is 0.0846. The number of hydrogen-bond acceptors (Lipinski definition) is 5. The van der Waals surface area contributed by atoms with E-state index < -0.39 is 10.0 Å². The summed E-state index contributed by atoms with van der Waals surface area (Å²) in [4.78, 5) is 27.0. The first-order valence-electron chi connectivity index (χ1n) is 10.8. The number of nitrogens with zero attached hydrogens (tertiary/aromatic N) is 1. The van der Waals surface area contributed by atoms with Gasteiger partial charge >= 0.3 is 0 Å². The van der Waals surface area contributed by atoms with E-state index in [4.69, 9.17) is 4.74 Å². The number of sulfonamides is 1. The lowest BCUT2D eigenvalue weighted by Crippen LogP contribution is -2.30. The van der Waals surface area contributed by atoms with Gasteiger partial charge in [-0.25, -0.2) is 8.42 Å². The molecule has 2 aliphatic rings. The molecule has 4 rings (SSSR count). The standard InChI is InChI=1S/C24H28N2O5S/c1-15-8-11-21(31-3)20(12-15)25-32(29,30)22-13-17(10-9-16(22)2)14-26-23(27)18-6-4-5-7-19(18)24(26)28/h8-13,18-19,25H,4-7,14H2,1-3H3/t18-,19-/m0/s1. The summed E-state index contributed by atoms with van der Waals surface area (Å²) in [7, 11) is -2.43. The van der Waals surface area contributed by atoms with Crippen LogP contribution in [0.1, 0.15) is 42.4 Å². The predicted octanol–water partition coefficient (Wildman–Crippen LogP) is 3.79. The highest BCUT2D eigenvalue weighted by Crippen LogP contribution is 2.39. The zero-order chi connectivity index (χ0) is 23.0. The maximum Gasteiger partial charge on any atom is 0.262 e. The van der Waals surface area contributed by atoms with Crippen molar-refractivity contribution in [2.75, 3.05) is 11.8 Å². The van der Waals surface area contributed by atoms with Crippen molar-refractivity contribution in [3.05, 3.63) is 53.1 Å². The van der Waals surface area contributed by atoms with Gasteiger partial charge in [-0.2, -0.15) is 0 Å². The van der Waals surface area contributed by atoms with Crippen molar-refractivity contribution >= 4 is 27.5 Å². The van der Waals surface area contributed by atoms with Gasteiger partial charge in [-0.3, -0.25) is 19.2 Å². The number of ether oxygens (including phenoxy) is 1. The average Bonchev–Trinajstić information content (AvgIpc) is 3.00. The summed E-state index contributed by atoms with van der Waals surface area (Å²) in [5.74, 6) is -0.288. The summed E-state index contributed by atoms with van der Waals surface area (Å²) >= 11 is 0. The second kappa shape index (κ2) is 8.58. The molecule has 7 nitrogen and oxygen atoms in total. The number of carbonyl (C=O) groups is 2. The van der Waals surface area contributed by atoms with Crippen LogP contribution in [0.3, 0.4) is 0 Å². The number of benzene rings is 2. The molecule has 170 valence electrons.